The molecule has 2 aromatic carbocycles. The first-order valence-corrected chi connectivity index (χ1v) is 10.9. The number of ether oxygens (including phenoxy) is 1. The first-order chi connectivity index (χ1) is 15.1. The third kappa shape index (κ3) is 3.72. The second-order valence-corrected chi connectivity index (χ2v) is 8.45. The van der Waals surface area contributed by atoms with Crippen molar-refractivity contribution in [2.75, 3.05) is 25.1 Å². The van der Waals surface area contributed by atoms with Gasteiger partial charge in [-0.25, -0.2) is 4.79 Å². The minimum absolute atomic E-state index is 0.0436. The molecule has 6 nitrogen and oxygen atoms in total. The average Bonchev–Trinajstić information content (AvgIpc) is 3.13. The second kappa shape index (κ2) is 8.19. The molecule has 2 amide bonds. The molecule has 2 aliphatic heterocycles. The van der Waals surface area contributed by atoms with E-state index in [1.165, 1.54) is 0 Å². The van der Waals surface area contributed by atoms with Crippen molar-refractivity contribution < 1.29 is 14.1 Å². The molecular weight excluding hydrogens is 390 g/mol. The maximum Gasteiger partial charge on any atom is 0.322 e. The molecule has 0 bridgehead atoms. The number of hydrogen-bond acceptors (Lipinski definition) is 4. The Kier molecular flexibility index (Phi) is 5.24. The van der Waals surface area contributed by atoms with Crippen LogP contribution < -0.4 is 5.32 Å². The number of fused-ring (bicyclic) bond motifs is 1. The summed E-state index contributed by atoms with van der Waals surface area (Å²) in [5.74, 6) is 1.24. The van der Waals surface area contributed by atoms with Crippen molar-refractivity contribution in [2.24, 2.45) is 5.92 Å². The smallest absolute Gasteiger partial charge is 0.322 e. The Hall–Kier alpha value is -3.12. The summed E-state index contributed by atoms with van der Waals surface area (Å²) in [5, 5.41) is 7.24. The van der Waals surface area contributed by atoms with Gasteiger partial charge < -0.3 is 19.5 Å². The molecule has 160 valence electrons. The molecule has 1 saturated heterocycles. The Morgan fingerprint density at radius 3 is 2.58 bits per heavy atom. The fourth-order valence-electron chi connectivity index (χ4n) is 4.82. The van der Waals surface area contributed by atoms with E-state index in [2.05, 4.69) is 28.7 Å². The van der Waals surface area contributed by atoms with Crippen LogP contribution in [0, 0.1) is 19.8 Å². The van der Waals surface area contributed by atoms with Crippen LogP contribution in [-0.2, 0) is 4.74 Å². The fourth-order valence-corrected chi connectivity index (χ4v) is 4.82. The van der Waals surface area contributed by atoms with E-state index in [1.807, 2.05) is 49.1 Å². The Morgan fingerprint density at radius 1 is 1.10 bits per heavy atom. The van der Waals surface area contributed by atoms with E-state index in [9.17, 15) is 4.79 Å². The lowest BCUT2D eigenvalue weighted by Gasteiger charge is -2.40. The van der Waals surface area contributed by atoms with E-state index in [0.29, 0.717) is 12.5 Å². The summed E-state index contributed by atoms with van der Waals surface area (Å²) in [6.45, 7) is 6.14. The number of aromatic nitrogens is 1. The van der Waals surface area contributed by atoms with Gasteiger partial charge in [-0.3, -0.25) is 0 Å². The molecule has 0 aliphatic carbocycles. The van der Waals surface area contributed by atoms with Crippen LogP contribution in [0.5, 0.6) is 0 Å². The quantitative estimate of drug-likeness (QED) is 0.624. The van der Waals surface area contributed by atoms with Crippen LogP contribution in [0.3, 0.4) is 0 Å². The van der Waals surface area contributed by atoms with Crippen LogP contribution in [0.1, 0.15) is 41.5 Å². The Labute approximate surface area is 182 Å². The van der Waals surface area contributed by atoms with Crippen LogP contribution in [-0.4, -0.2) is 35.8 Å². The lowest BCUT2D eigenvalue weighted by atomic mass is 9.89. The van der Waals surface area contributed by atoms with Crippen molar-refractivity contribution in [1.29, 1.82) is 0 Å². The number of nitrogens with zero attached hydrogens (tertiary/aromatic N) is 2. The number of carbonyl (C=O) groups is 1. The number of hydrogen-bond donors (Lipinski definition) is 1. The zero-order valence-electron chi connectivity index (χ0n) is 17.9. The molecule has 3 aromatic rings. The van der Waals surface area contributed by atoms with Gasteiger partial charge >= 0.3 is 6.03 Å². The van der Waals surface area contributed by atoms with Gasteiger partial charge in [0.25, 0.3) is 0 Å². The molecule has 1 fully saturated rings. The zero-order chi connectivity index (χ0) is 21.4. The van der Waals surface area contributed by atoms with Gasteiger partial charge in [-0.05, 0) is 55.9 Å². The Balaban J connectivity index is 1.60. The minimum Gasteiger partial charge on any atom is -0.381 e. The maximum absolute atomic E-state index is 13.2. The van der Waals surface area contributed by atoms with Gasteiger partial charge in [-0.15, -0.1) is 0 Å². The van der Waals surface area contributed by atoms with Gasteiger partial charge in [0, 0.05) is 36.6 Å². The summed E-state index contributed by atoms with van der Waals surface area (Å²) < 4.78 is 10.9. The van der Waals surface area contributed by atoms with Crippen molar-refractivity contribution in [3.63, 3.8) is 0 Å². The number of rotatable bonds is 4. The second-order valence-electron chi connectivity index (χ2n) is 8.45. The van der Waals surface area contributed by atoms with Crippen LogP contribution in [0.2, 0.25) is 0 Å². The minimum atomic E-state index is -0.145. The number of amides is 2. The number of carbonyl (C=O) groups excluding carboxylic acids is 1. The monoisotopic (exact) mass is 417 g/mol. The summed E-state index contributed by atoms with van der Waals surface area (Å²) in [4.78, 5) is 15.2. The van der Waals surface area contributed by atoms with Gasteiger partial charge in [-0.2, -0.15) is 0 Å². The predicted octanol–water partition coefficient (Wildman–Crippen LogP) is 5.32. The predicted molar refractivity (Wildman–Crippen MR) is 119 cm³/mol. The van der Waals surface area contributed by atoms with Gasteiger partial charge in [0.05, 0.1) is 11.7 Å². The van der Waals surface area contributed by atoms with E-state index in [1.54, 1.807) is 0 Å². The van der Waals surface area contributed by atoms with Crippen LogP contribution in [0.15, 0.2) is 53.1 Å². The van der Waals surface area contributed by atoms with Gasteiger partial charge in [-0.1, -0.05) is 41.6 Å². The molecular formula is C25H27N3O3. The molecule has 0 spiro atoms. The molecule has 0 saturated carbocycles. The standard InChI is InChI=1S/C25H27N3O3/c1-16-23(17(2)31-27-16)20-8-9-22-21(14-20)24(19-6-4-3-5-7-19)28(25(29)26-22)15-18-10-12-30-13-11-18/h3-9,14,18,24H,10-13,15H2,1-2H3,(H,26,29). The molecule has 0 radical (unpaired) electrons. The Morgan fingerprint density at radius 2 is 1.87 bits per heavy atom. The van der Waals surface area contributed by atoms with Crippen LogP contribution >= 0.6 is 0 Å². The largest absolute Gasteiger partial charge is 0.381 e. The number of benzene rings is 2. The number of nitrogens with one attached hydrogen (secondary N) is 1. The van der Waals surface area contributed by atoms with Crippen molar-refractivity contribution in [1.82, 2.24) is 10.1 Å². The highest BCUT2D eigenvalue weighted by Crippen LogP contribution is 2.41. The van der Waals surface area contributed by atoms with Gasteiger partial charge in [0.1, 0.15) is 5.76 Å². The first kappa shape index (κ1) is 19.8. The summed E-state index contributed by atoms with van der Waals surface area (Å²) in [5.41, 5.74) is 6.00. The number of aryl methyl sites for hydroxylation is 2. The first-order valence-electron chi connectivity index (χ1n) is 10.9. The third-order valence-electron chi connectivity index (χ3n) is 6.39. The molecule has 3 heterocycles. The molecule has 31 heavy (non-hydrogen) atoms. The van der Waals surface area contributed by atoms with Crippen LogP contribution in [0.25, 0.3) is 11.1 Å². The lowest BCUT2D eigenvalue weighted by molar-refractivity contribution is 0.0540. The summed E-state index contributed by atoms with van der Waals surface area (Å²) >= 11 is 0. The van der Waals surface area contributed by atoms with Gasteiger partial charge in [0.15, 0.2) is 0 Å². The Bertz CT molecular complexity index is 1070. The van der Waals surface area contributed by atoms with Crippen molar-refractivity contribution >= 4 is 11.7 Å². The van der Waals surface area contributed by atoms with E-state index >= 15 is 0 Å². The summed E-state index contributed by atoms with van der Waals surface area (Å²) in [6, 6.07) is 16.3. The van der Waals surface area contributed by atoms with Crippen LogP contribution in [0.4, 0.5) is 10.5 Å². The average molecular weight is 418 g/mol. The SMILES string of the molecule is Cc1noc(C)c1-c1ccc2c(c1)C(c1ccccc1)N(CC1CCOCC1)C(=O)N2. The summed E-state index contributed by atoms with van der Waals surface area (Å²) in [6.07, 6.45) is 1.97. The highest BCUT2D eigenvalue weighted by atomic mass is 16.5. The van der Waals surface area contributed by atoms with Gasteiger partial charge in [0.2, 0.25) is 0 Å². The number of anilines is 1. The van der Waals surface area contributed by atoms with E-state index in [4.69, 9.17) is 9.26 Å². The molecule has 2 aliphatic rings. The molecule has 5 rings (SSSR count). The normalized spacial score (nSPS) is 19.2. The van der Waals surface area contributed by atoms with Crippen molar-refractivity contribution in [2.45, 2.75) is 32.7 Å². The molecule has 1 unspecified atom stereocenters. The molecule has 6 heteroatoms. The fraction of sp³-hybridized carbons (Fsp3) is 0.360. The van der Waals surface area contributed by atoms with Crippen molar-refractivity contribution in [3.05, 3.63) is 71.1 Å². The molecule has 1 atom stereocenters. The molecule has 1 N–H and O–H groups in total. The van der Waals surface area contributed by atoms with Crippen molar-refractivity contribution in [3.8, 4) is 11.1 Å². The third-order valence-corrected chi connectivity index (χ3v) is 6.39. The van der Waals surface area contributed by atoms with E-state index in [-0.39, 0.29) is 12.1 Å². The molecule has 1 aromatic heterocycles. The van der Waals surface area contributed by atoms with E-state index in [0.717, 1.165) is 65.5 Å². The van der Waals surface area contributed by atoms with E-state index < -0.39 is 0 Å². The summed E-state index contributed by atoms with van der Waals surface area (Å²) in [7, 11) is 0. The highest BCUT2D eigenvalue weighted by Gasteiger charge is 2.35. The highest BCUT2D eigenvalue weighted by molar-refractivity contribution is 5.94. The number of urea groups is 1. The topological polar surface area (TPSA) is 67.6 Å². The maximum atomic E-state index is 13.2. The zero-order valence-corrected chi connectivity index (χ0v) is 17.9. The lowest BCUT2D eigenvalue weighted by Crippen LogP contribution is -2.45.